The minimum Gasteiger partial charge on any atom is -0.374 e. The molecule has 2 fully saturated rings. The molecule has 24 heteroatoms. The highest BCUT2D eigenvalue weighted by atomic mass is 33.7. The van der Waals surface area contributed by atoms with Gasteiger partial charge in [-0.2, -0.15) is 0 Å². The monoisotopic (exact) mass is 1050 g/mol. The molecule has 0 heterocycles. The lowest BCUT2D eigenvalue weighted by molar-refractivity contribution is 0.0726. The molecule has 55 heavy (non-hydrogen) atoms. The molecule has 0 saturated heterocycles. The Balaban J connectivity index is 2.16. The van der Waals surface area contributed by atoms with Crippen molar-refractivity contribution in [2.45, 2.75) is 105 Å². The van der Waals surface area contributed by atoms with E-state index in [4.69, 9.17) is 39.8 Å². The van der Waals surface area contributed by atoms with Crippen LogP contribution in [0.1, 0.15) is 94.4 Å². The number of rotatable bonds is 39. The zero-order chi connectivity index (χ0) is 40.4. The molecule has 0 aromatic rings. The number of fused-ring (bicyclic) bond motifs is 2. The first kappa shape index (κ1) is 55.6. The summed E-state index contributed by atoms with van der Waals surface area (Å²) in [5.41, 5.74) is 0.313. The molecule has 2 aliphatic carbocycles. The van der Waals surface area contributed by atoms with Gasteiger partial charge < -0.3 is 39.8 Å². The fourth-order valence-electron chi connectivity index (χ4n) is 6.65. The molecular weight excluding hydrogens is 985 g/mol. The molecule has 9 nitrogen and oxygen atoms in total. The highest BCUT2D eigenvalue weighted by molar-refractivity contribution is 9.29. The SMILES string of the molecule is CCO[Si](CCSSSSCC(SSSSC[Si](OCC)(OCC)OCC)(SSSSC[Si](OCC)(OCC)OCC)C12CCC(CC1)C2)(OCC)OCC. The van der Waals surface area contributed by atoms with Crippen LogP contribution in [0.3, 0.4) is 0 Å². The highest BCUT2D eigenvalue weighted by Gasteiger charge is 2.59. The fraction of sp³-hybridized carbons (Fsp3) is 1.00. The molecule has 328 valence electrons. The van der Waals surface area contributed by atoms with Crippen LogP contribution in [0.15, 0.2) is 0 Å². The van der Waals surface area contributed by atoms with Gasteiger partial charge in [0, 0.05) is 77.0 Å². The zero-order valence-corrected chi connectivity index (χ0v) is 46.9. The second-order valence-electron chi connectivity index (χ2n) is 12.1. The molecule has 0 radical (unpaired) electrons. The van der Waals surface area contributed by atoms with Crippen molar-refractivity contribution >= 4 is 150 Å². The molecular formula is C31H66O9S12Si3. The summed E-state index contributed by atoms with van der Waals surface area (Å²) in [7, 11) is 15.0. The molecule has 0 spiro atoms. The standard InChI is InChI=1S/C31H66O9S12Si3/c1-10-32-53(33-11-2,34-12-3)24-23-41-47-48-42-26-31(30-21-19-29(25-30)20-22-30,45-51-49-43-27-54(35-13-4,36-14-5)37-15-6)46-52-50-44-28-55(38-16-7,39-17-8)40-18-9/h29H,10-28H2,1-9H3. The van der Waals surface area contributed by atoms with Crippen molar-refractivity contribution in [3.8, 4) is 0 Å². The van der Waals surface area contributed by atoms with Crippen molar-refractivity contribution in [1.82, 2.24) is 0 Å². The summed E-state index contributed by atoms with van der Waals surface area (Å²) in [6.07, 6.45) is 6.66. The van der Waals surface area contributed by atoms with Crippen LogP contribution >= 0.6 is 124 Å². The Labute approximate surface area is 383 Å². The third-order valence-electron chi connectivity index (χ3n) is 8.65. The van der Waals surface area contributed by atoms with Crippen molar-refractivity contribution in [2.75, 3.05) is 81.7 Å². The summed E-state index contributed by atoms with van der Waals surface area (Å²) < 4.78 is 55.2. The van der Waals surface area contributed by atoms with E-state index in [-0.39, 0.29) is 4.08 Å². The Morgan fingerprint density at radius 2 is 0.836 bits per heavy atom. The van der Waals surface area contributed by atoms with E-state index in [1.54, 1.807) is 0 Å². The first-order chi connectivity index (χ1) is 26.7. The van der Waals surface area contributed by atoms with E-state index >= 15 is 0 Å². The Hall–Kier alpha value is 4.49. The quantitative estimate of drug-likeness (QED) is 0.0253. The molecule has 2 rings (SSSR count). The summed E-state index contributed by atoms with van der Waals surface area (Å²) in [4.78, 5) is 0. The maximum atomic E-state index is 6.15. The minimum absolute atomic E-state index is 0.0289. The Bertz CT molecular complexity index is 887. The van der Waals surface area contributed by atoms with E-state index in [1.807, 2.05) is 164 Å². The van der Waals surface area contributed by atoms with Gasteiger partial charge in [0.05, 0.1) is 14.8 Å². The maximum Gasteiger partial charge on any atom is 0.512 e. The van der Waals surface area contributed by atoms with E-state index in [0.29, 0.717) is 64.9 Å². The molecule has 0 aromatic heterocycles. The van der Waals surface area contributed by atoms with E-state index in [1.165, 1.54) is 32.1 Å². The van der Waals surface area contributed by atoms with Crippen molar-refractivity contribution in [1.29, 1.82) is 0 Å². The Morgan fingerprint density at radius 3 is 1.20 bits per heavy atom. The highest BCUT2D eigenvalue weighted by Crippen LogP contribution is 2.73. The lowest BCUT2D eigenvalue weighted by atomic mass is 9.81. The smallest absolute Gasteiger partial charge is 0.374 e. The molecule has 0 aliphatic heterocycles. The van der Waals surface area contributed by atoms with Gasteiger partial charge >= 0.3 is 26.4 Å². The average molecular weight is 1050 g/mol. The van der Waals surface area contributed by atoms with Crippen LogP contribution in [0, 0.1) is 11.3 Å². The largest absolute Gasteiger partial charge is 0.512 e. The third kappa shape index (κ3) is 19.2. The summed E-state index contributed by atoms with van der Waals surface area (Å²) in [6, 6.07) is 0.822. The lowest BCUT2D eigenvalue weighted by Gasteiger charge is -2.45. The lowest BCUT2D eigenvalue weighted by Crippen LogP contribution is -2.49. The van der Waals surface area contributed by atoms with E-state index < -0.39 is 26.4 Å². The van der Waals surface area contributed by atoms with E-state index in [9.17, 15) is 0 Å². The van der Waals surface area contributed by atoms with Gasteiger partial charge in [0.2, 0.25) is 0 Å². The van der Waals surface area contributed by atoms with E-state index in [0.717, 1.165) is 34.2 Å². The van der Waals surface area contributed by atoms with Crippen LogP contribution in [0.4, 0.5) is 0 Å². The topological polar surface area (TPSA) is 83.1 Å². The molecule has 0 amide bonds. The number of hydrogen-bond acceptors (Lipinski definition) is 21. The zero-order valence-electron chi connectivity index (χ0n) is 34.1. The minimum atomic E-state index is -2.72. The summed E-state index contributed by atoms with van der Waals surface area (Å²) >= 11 is 0. The molecule has 0 unspecified atom stereocenters. The Morgan fingerprint density at radius 1 is 0.473 bits per heavy atom. The first-order valence-corrected chi connectivity index (χ1v) is 40.2. The second kappa shape index (κ2) is 32.2. The molecule has 2 aliphatic rings. The van der Waals surface area contributed by atoms with Crippen molar-refractivity contribution in [3.63, 3.8) is 0 Å². The summed E-state index contributed by atoms with van der Waals surface area (Å²) in [6.45, 7) is 23.6. The second-order valence-corrected chi connectivity index (χ2v) is 39.6. The third-order valence-corrected chi connectivity index (χ3v) is 42.4. The van der Waals surface area contributed by atoms with Gasteiger partial charge in [-0.05, 0) is 165 Å². The van der Waals surface area contributed by atoms with Gasteiger partial charge in [0.15, 0.2) is 0 Å². The predicted molar refractivity (Wildman–Crippen MR) is 269 cm³/mol. The van der Waals surface area contributed by atoms with Gasteiger partial charge in [0.25, 0.3) is 0 Å². The summed E-state index contributed by atoms with van der Waals surface area (Å²) in [5, 5.41) is 1.47. The number of hydrogen-bond donors (Lipinski definition) is 0. The van der Waals surface area contributed by atoms with Gasteiger partial charge in [-0.1, -0.05) is 64.8 Å². The van der Waals surface area contributed by atoms with Crippen LogP contribution in [-0.2, 0) is 39.8 Å². The van der Waals surface area contributed by atoms with Gasteiger partial charge in [-0.15, -0.1) is 0 Å². The van der Waals surface area contributed by atoms with Gasteiger partial charge in [0.1, 0.15) is 0 Å². The van der Waals surface area contributed by atoms with Gasteiger partial charge in [-0.25, -0.2) is 0 Å². The van der Waals surface area contributed by atoms with Gasteiger partial charge in [-0.3, -0.25) is 0 Å². The normalized spacial score (nSPS) is 19.3. The van der Waals surface area contributed by atoms with Crippen LogP contribution in [0.25, 0.3) is 0 Å². The Kier molecular flexibility index (Phi) is 32.6. The fourth-order valence-corrected chi connectivity index (χ4v) is 44.0. The molecule has 0 aromatic carbocycles. The van der Waals surface area contributed by atoms with E-state index in [2.05, 4.69) is 21.6 Å². The molecule has 2 saturated carbocycles. The molecule has 0 N–H and O–H groups in total. The first-order valence-electron chi connectivity index (χ1n) is 19.3. The summed E-state index contributed by atoms with van der Waals surface area (Å²) in [5.74, 6) is 2.85. The van der Waals surface area contributed by atoms with Crippen LogP contribution in [0.2, 0.25) is 6.04 Å². The van der Waals surface area contributed by atoms with Crippen molar-refractivity contribution in [2.24, 2.45) is 11.3 Å². The van der Waals surface area contributed by atoms with Crippen molar-refractivity contribution < 1.29 is 39.8 Å². The van der Waals surface area contributed by atoms with Crippen LogP contribution in [0.5, 0.6) is 0 Å². The molecule has 0 atom stereocenters. The average Bonchev–Trinajstić information content (AvgIpc) is 3.79. The predicted octanol–water partition coefficient (Wildman–Crippen LogP) is 13.5. The van der Waals surface area contributed by atoms with Crippen LogP contribution in [-0.4, -0.2) is 112 Å². The van der Waals surface area contributed by atoms with Crippen LogP contribution < -0.4 is 0 Å². The van der Waals surface area contributed by atoms with Crippen molar-refractivity contribution in [3.05, 3.63) is 0 Å². The maximum absolute atomic E-state index is 6.15. The molecule has 2 bridgehead atoms.